The van der Waals surface area contributed by atoms with Crippen molar-refractivity contribution in [2.24, 2.45) is 0 Å². The minimum Gasteiger partial charge on any atom is -0.618 e. The van der Waals surface area contributed by atoms with E-state index in [-0.39, 0.29) is 11.5 Å². The third-order valence-electron chi connectivity index (χ3n) is 2.37. The second-order valence-corrected chi connectivity index (χ2v) is 4.10. The highest BCUT2D eigenvalue weighted by molar-refractivity contribution is 6.30. The van der Waals surface area contributed by atoms with Crippen LogP contribution in [0.3, 0.4) is 0 Å². The van der Waals surface area contributed by atoms with Crippen LogP contribution in [0.25, 0.3) is 6.08 Å². The van der Waals surface area contributed by atoms with Crippen molar-refractivity contribution in [3.8, 4) is 0 Å². The third-order valence-corrected chi connectivity index (χ3v) is 2.63. The molecule has 90 valence electrons. The van der Waals surface area contributed by atoms with Gasteiger partial charge in [0.15, 0.2) is 6.20 Å². The van der Waals surface area contributed by atoms with E-state index in [1.807, 2.05) is 0 Å². The lowest BCUT2D eigenvalue weighted by atomic mass is 10.1. The van der Waals surface area contributed by atoms with E-state index >= 15 is 0 Å². The molecule has 0 saturated carbocycles. The molecule has 4 heteroatoms. The van der Waals surface area contributed by atoms with Crippen LogP contribution < -0.4 is 4.73 Å². The molecule has 0 radical (unpaired) electrons. The predicted molar refractivity (Wildman–Crippen MR) is 70.2 cm³/mol. The predicted octanol–water partition coefficient (Wildman–Crippen LogP) is 2.87. The van der Waals surface area contributed by atoms with Crippen LogP contribution in [0, 0.1) is 5.21 Å². The van der Waals surface area contributed by atoms with Crippen LogP contribution in [-0.2, 0) is 0 Å². The van der Waals surface area contributed by atoms with E-state index in [4.69, 9.17) is 11.6 Å². The highest BCUT2D eigenvalue weighted by atomic mass is 35.5. The van der Waals surface area contributed by atoms with Crippen LogP contribution in [-0.4, -0.2) is 5.78 Å². The molecule has 0 saturated heterocycles. The first-order chi connectivity index (χ1) is 8.66. The van der Waals surface area contributed by atoms with Gasteiger partial charge in [-0.3, -0.25) is 4.79 Å². The number of hydrogen-bond donors (Lipinski definition) is 0. The molecular formula is C14H10ClNO2. The fourth-order valence-corrected chi connectivity index (χ4v) is 1.58. The normalized spacial score (nSPS) is 10.7. The Hall–Kier alpha value is -2.13. The van der Waals surface area contributed by atoms with Gasteiger partial charge in [-0.1, -0.05) is 29.8 Å². The number of nitrogens with zero attached hydrogens (tertiary/aromatic N) is 1. The first-order valence-corrected chi connectivity index (χ1v) is 5.71. The van der Waals surface area contributed by atoms with Crippen LogP contribution in [0.15, 0.2) is 54.7 Å². The Bertz CT molecular complexity index is 591. The van der Waals surface area contributed by atoms with E-state index in [0.29, 0.717) is 9.75 Å². The summed E-state index contributed by atoms with van der Waals surface area (Å²) in [7, 11) is 0. The van der Waals surface area contributed by atoms with E-state index in [1.54, 1.807) is 42.5 Å². The minimum atomic E-state index is -0.333. The number of aromatic nitrogens is 1. The zero-order chi connectivity index (χ0) is 13.0. The van der Waals surface area contributed by atoms with E-state index in [9.17, 15) is 10.0 Å². The second-order valence-electron chi connectivity index (χ2n) is 3.66. The summed E-state index contributed by atoms with van der Waals surface area (Å²) in [6.07, 6.45) is 4.31. The zero-order valence-electron chi connectivity index (χ0n) is 9.42. The quantitative estimate of drug-likeness (QED) is 0.368. The molecule has 0 bridgehead atoms. The average Bonchev–Trinajstić information content (AvgIpc) is 2.38. The Kier molecular flexibility index (Phi) is 3.75. The fourth-order valence-electron chi connectivity index (χ4n) is 1.45. The number of rotatable bonds is 3. The van der Waals surface area contributed by atoms with Gasteiger partial charge in [0.25, 0.3) is 11.5 Å². The van der Waals surface area contributed by atoms with Crippen LogP contribution in [0.2, 0.25) is 5.02 Å². The van der Waals surface area contributed by atoms with Crippen LogP contribution in [0.1, 0.15) is 16.1 Å². The van der Waals surface area contributed by atoms with E-state index in [2.05, 4.69) is 0 Å². The summed E-state index contributed by atoms with van der Waals surface area (Å²) in [5.41, 5.74) is 0.948. The Morgan fingerprint density at radius 1 is 1.17 bits per heavy atom. The number of allylic oxidation sites excluding steroid dienone is 1. The fraction of sp³-hybridized carbons (Fsp3) is 0. The molecular weight excluding hydrogens is 250 g/mol. The van der Waals surface area contributed by atoms with Gasteiger partial charge in [-0.25, -0.2) is 0 Å². The first-order valence-electron chi connectivity index (χ1n) is 5.33. The number of carbonyl (C=O) groups excluding carboxylic acids is 1. The van der Waals surface area contributed by atoms with Gasteiger partial charge < -0.3 is 5.21 Å². The smallest absolute Gasteiger partial charge is 0.264 e. The summed E-state index contributed by atoms with van der Waals surface area (Å²) in [6, 6.07) is 11.8. The highest BCUT2D eigenvalue weighted by Gasteiger charge is 2.10. The lowest BCUT2D eigenvalue weighted by Crippen LogP contribution is -2.33. The second kappa shape index (κ2) is 5.47. The molecule has 0 amide bonds. The van der Waals surface area contributed by atoms with Gasteiger partial charge in [0.05, 0.1) is 0 Å². The SMILES string of the molecule is O=C(C=Cc1ccc(Cl)cc1)c1cccc[n+]1[O-]. The van der Waals surface area contributed by atoms with E-state index in [0.717, 1.165) is 5.56 Å². The number of ketones is 1. The Balaban J connectivity index is 2.17. The van der Waals surface area contributed by atoms with Crippen molar-refractivity contribution >= 4 is 23.5 Å². The molecule has 2 aromatic rings. The van der Waals surface area contributed by atoms with Crippen molar-refractivity contribution in [2.45, 2.75) is 0 Å². The molecule has 0 atom stereocenters. The van der Waals surface area contributed by atoms with Crippen molar-refractivity contribution in [2.75, 3.05) is 0 Å². The van der Waals surface area contributed by atoms with Crippen molar-refractivity contribution in [1.29, 1.82) is 0 Å². The summed E-state index contributed by atoms with van der Waals surface area (Å²) < 4.78 is 0.550. The van der Waals surface area contributed by atoms with E-state index < -0.39 is 0 Å². The average molecular weight is 260 g/mol. The van der Waals surface area contributed by atoms with Gasteiger partial charge in [0.1, 0.15) is 0 Å². The van der Waals surface area contributed by atoms with Crippen molar-refractivity contribution in [1.82, 2.24) is 0 Å². The van der Waals surface area contributed by atoms with Crippen LogP contribution >= 0.6 is 11.6 Å². The first kappa shape index (κ1) is 12.3. The lowest BCUT2D eigenvalue weighted by molar-refractivity contribution is -0.607. The molecule has 0 fully saturated rings. The number of benzene rings is 1. The van der Waals surface area contributed by atoms with Gasteiger partial charge >= 0.3 is 0 Å². The van der Waals surface area contributed by atoms with Crippen LogP contribution in [0.5, 0.6) is 0 Å². The van der Waals surface area contributed by atoms with Crippen molar-refractivity contribution < 1.29 is 9.52 Å². The summed E-state index contributed by atoms with van der Waals surface area (Å²) >= 11 is 5.76. The maximum absolute atomic E-state index is 11.8. The zero-order valence-corrected chi connectivity index (χ0v) is 10.2. The summed E-state index contributed by atoms with van der Waals surface area (Å²) in [4.78, 5) is 11.8. The van der Waals surface area contributed by atoms with Gasteiger partial charge in [-0.05, 0) is 29.8 Å². The molecule has 0 N–H and O–H groups in total. The summed E-state index contributed by atoms with van der Waals surface area (Å²) in [5.74, 6) is -0.333. The molecule has 2 rings (SSSR count). The maximum Gasteiger partial charge on any atom is 0.264 e. The Labute approximate surface area is 110 Å². The van der Waals surface area contributed by atoms with Crippen LogP contribution in [0.4, 0.5) is 0 Å². The monoisotopic (exact) mass is 259 g/mol. The number of pyridine rings is 1. The molecule has 0 aliphatic heterocycles. The minimum absolute atomic E-state index is 0.0997. The molecule has 1 aromatic heterocycles. The number of halogens is 1. The van der Waals surface area contributed by atoms with Gasteiger partial charge in [-0.15, -0.1) is 0 Å². The molecule has 18 heavy (non-hydrogen) atoms. The highest BCUT2D eigenvalue weighted by Crippen LogP contribution is 2.10. The van der Waals surface area contributed by atoms with E-state index in [1.165, 1.54) is 18.3 Å². The topological polar surface area (TPSA) is 44.0 Å². The van der Waals surface area contributed by atoms with Gasteiger partial charge in [0.2, 0.25) is 0 Å². The maximum atomic E-state index is 11.8. The standard InChI is InChI=1S/C14H10ClNO2/c15-12-7-4-11(5-8-12)6-9-14(17)13-3-1-2-10-16(13)18/h1-10H. The largest absolute Gasteiger partial charge is 0.618 e. The molecule has 0 aliphatic carbocycles. The van der Waals surface area contributed by atoms with Crippen molar-refractivity contribution in [3.05, 3.63) is 76.2 Å². The summed E-state index contributed by atoms with van der Waals surface area (Å²) in [6.45, 7) is 0. The molecule has 1 heterocycles. The van der Waals surface area contributed by atoms with Crippen molar-refractivity contribution in [3.63, 3.8) is 0 Å². The molecule has 0 spiro atoms. The van der Waals surface area contributed by atoms with Gasteiger partial charge in [-0.2, -0.15) is 4.73 Å². The molecule has 0 unspecified atom stereocenters. The molecule has 3 nitrogen and oxygen atoms in total. The third kappa shape index (κ3) is 2.96. The number of hydrogen-bond acceptors (Lipinski definition) is 2. The lowest BCUT2D eigenvalue weighted by Gasteiger charge is -1.99. The Morgan fingerprint density at radius 3 is 2.56 bits per heavy atom. The molecule has 1 aromatic carbocycles. The number of carbonyl (C=O) groups is 1. The summed E-state index contributed by atoms with van der Waals surface area (Å²) in [5, 5.41) is 12.0. The van der Waals surface area contributed by atoms with Gasteiger partial charge in [0, 0.05) is 17.2 Å². The Morgan fingerprint density at radius 2 is 1.89 bits per heavy atom. The molecule has 0 aliphatic rings.